The number of carbonyl (C=O) groups is 1. The number of anilines is 2. The third kappa shape index (κ3) is 4.96. The summed E-state index contributed by atoms with van der Waals surface area (Å²) in [5, 5.41) is 12.1. The maximum absolute atomic E-state index is 12.8. The van der Waals surface area contributed by atoms with Crippen LogP contribution in [-0.2, 0) is 4.79 Å². The number of carbonyl (C=O) groups excluding carboxylic acids is 1. The van der Waals surface area contributed by atoms with Gasteiger partial charge in [-0.25, -0.2) is 0 Å². The van der Waals surface area contributed by atoms with E-state index in [1.54, 1.807) is 4.90 Å². The maximum atomic E-state index is 12.8. The lowest BCUT2D eigenvalue weighted by atomic mass is 10.2. The molecule has 23 heavy (non-hydrogen) atoms. The Hall–Kier alpha value is -2.07. The van der Waals surface area contributed by atoms with Crippen molar-refractivity contribution in [1.29, 1.82) is 5.26 Å². The number of nitrogens with one attached hydrogen (secondary N) is 1. The van der Waals surface area contributed by atoms with Crippen LogP contribution >= 0.6 is 22.6 Å². The van der Waals surface area contributed by atoms with Gasteiger partial charge in [-0.05, 0) is 59.8 Å². The van der Waals surface area contributed by atoms with E-state index < -0.39 is 0 Å². The van der Waals surface area contributed by atoms with Gasteiger partial charge in [-0.1, -0.05) is 24.3 Å². The number of amides is 1. The first-order valence-corrected chi connectivity index (χ1v) is 8.45. The molecule has 5 heteroatoms. The average Bonchev–Trinajstić information content (AvgIpc) is 2.56. The maximum Gasteiger partial charge on any atom is 0.249 e. The van der Waals surface area contributed by atoms with Crippen LogP contribution < -0.4 is 10.2 Å². The molecule has 0 fully saturated rings. The highest BCUT2D eigenvalue weighted by Gasteiger charge is 2.21. The Balaban J connectivity index is 2.14. The lowest BCUT2D eigenvalue weighted by Gasteiger charge is -2.26. The smallest absolute Gasteiger partial charge is 0.249 e. The number of hydrogen-bond donors (Lipinski definition) is 1. The number of rotatable bonds is 6. The zero-order valence-corrected chi connectivity index (χ0v) is 15.0. The van der Waals surface area contributed by atoms with Crippen molar-refractivity contribution in [3.05, 3.63) is 58.2 Å². The van der Waals surface area contributed by atoms with Gasteiger partial charge in [-0.2, -0.15) is 5.26 Å². The van der Waals surface area contributed by atoms with Crippen molar-refractivity contribution in [2.45, 2.75) is 19.4 Å². The number of nitrogens with zero attached hydrogens (tertiary/aromatic N) is 2. The molecule has 0 bridgehead atoms. The molecular formula is C18H18IN3O. The summed E-state index contributed by atoms with van der Waals surface area (Å²) in [4.78, 5) is 14.5. The predicted octanol–water partition coefficient (Wildman–Crippen LogP) is 4.04. The van der Waals surface area contributed by atoms with E-state index in [2.05, 4.69) is 34.0 Å². The summed E-state index contributed by atoms with van der Waals surface area (Å²) in [6.45, 7) is 2.22. The van der Waals surface area contributed by atoms with Crippen molar-refractivity contribution in [3.8, 4) is 6.07 Å². The van der Waals surface area contributed by atoms with Crippen LogP contribution in [0, 0.1) is 14.9 Å². The van der Waals surface area contributed by atoms with E-state index in [-0.39, 0.29) is 11.9 Å². The Morgan fingerprint density at radius 2 is 2.00 bits per heavy atom. The summed E-state index contributed by atoms with van der Waals surface area (Å²) in [5.74, 6) is -0.0506. The molecule has 0 aromatic heterocycles. The highest BCUT2D eigenvalue weighted by Crippen LogP contribution is 2.18. The van der Waals surface area contributed by atoms with Gasteiger partial charge < -0.3 is 10.2 Å². The Morgan fingerprint density at radius 3 is 2.65 bits per heavy atom. The Kier molecular flexibility index (Phi) is 6.41. The SMILES string of the molecule is CC(Nc1cccc(I)c1)C(=O)N(CCC#N)c1ccccc1. The number of hydrogen-bond acceptors (Lipinski definition) is 3. The second-order valence-electron chi connectivity index (χ2n) is 5.11. The largest absolute Gasteiger partial charge is 0.374 e. The first-order valence-electron chi connectivity index (χ1n) is 7.37. The number of halogens is 1. The molecule has 1 atom stereocenters. The van der Waals surface area contributed by atoms with Gasteiger partial charge in [0.2, 0.25) is 5.91 Å². The lowest BCUT2D eigenvalue weighted by Crippen LogP contribution is -2.42. The Morgan fingerprint density at radius 1 is 1.26 bits per heavy atom. The highest BCUT2D eigenvalue weighted by molar-refractivity contribution is 14.1. The van der Waals surface area contributed by atoms with Crippen molar-refractivity contribution in [2.24, 2.45) is 0 Å². The van der Waals surface area contributed by atoms with Crippen LogP contribution in [0.3, 0.4) is 0 Å². The van der Waals surface area contributed by atoms with Crippen LogP contribution in [0.4, 0.5) is 11.4 Å². The molecule has 0 spiro atoms. The van der Waals surface area contributed by atoms with Gasteiger partial charge in [0.25, 0.3) is 0 Å². The molecule has 0 saturated carbocycles. The topological polar surface area (TPSA) is 56.1 Å². The minimum atomic E-state index is -0.382. The zero-order chi connectivity index (χ0) is 16.7. The molecule has 1 N–H and O–H groups in total. The van der Waals surface area contributed by atoms with E-state index in [0.717, 1.165) is 14.9 Å². The van der Waals surface area contributed by atoms with Gasteiger partial charge in [0.1, 0.15) is 6.04 Å². The normalized spacial score (nSPS) is 11.3. The minimum Gasteiger partial charge on any atom is -0.374 e. The number of benzene rings is 2. The molecule has 0 saturated heterocycles. The molecule has 0 heterocycles. The van der Waals surface area contributed by atoms with Crippen molar-refractivity contribution < 1.29 is 4.79 Å². The van der Waals surface area contributed by atoms with Gasteiger partial charge in [0.05, 0.1) is 12.5 Å². The fraction of sp³-hybridized carbons (Fsp3) is 0.222. The molecule has 4 nitrogen and oxygen atoms in total. The van der Waals surface area contributed by atoms with Crippen LogP contribution in [0.25, 0.3) is 0 Å². The molecular weight excluding hydrogens is 401 g/mol. The molecule has 1 amide bonds. The van der Waals surface area contributed by atoms with Crippen LogP contribution in [0.1, 0.15) is 13.3 Å². The van der Waals surface area contributed by atoms with Crippen molar-refractivity contribution >= 4 is 39.9 Å². The molecule has 0 aliphatic heterocycles. The van der Waals surface area contributed by atoms with Gasteiger partial charge in [0, 0.05) is 21.5 Å². The number of para-hydroxylation sites is 1. The van der Waals surface area contributed by atoms with Crippen LogP contribution in [0.2, 0.25) is 0 Å². The van der Waals surface area contributed by atoms with Gasteiger partial charge >= 0.3 is 0 Å². The second kappa shape index (κ2) is 8.53. The first-order chi connectivity index (χ1) is 11.1. The van der Waals surface area contributed by atoms with E-state index in [1.807, 2.05) is 61.5 Å². The summed E-state index contributed by atoms with van der Waals surface area (Å²) < 4.78 is 1.11. The highest BCUT2D eigenvalue weighted by atomic mass is 127. The van der Waals surface area contributed by atoms with Crippen LogP contribution in [0.15, 0.2) is 54.6 Å². The predicted molar refractivity (Wildman–Crippen MR) is 101 cm³/mol. The van der Waals surface area contributed by atoms with Gasteiger partial charge in [-0.15, -0.1) is 0 Å². The Bertz CT molecular complexity index is 697. The summed E-state index contributed by atoms with van der Waals surface area (Å²) in [6.07, 6.45) is 0.302. The van der Waals surface area contributed by atoms with Gasteiger partial charge in [0.15, 0.2) is 0 Å². The third-order valence-corrected chi connectivity index (χ3v) is 4.03. The second-order valence-corrected chi connectivity index (χ2v) is 6.36. The third-order valence-electron chi connectivity index (χ3n) is 3.36. The molecule has 0 radical (unpaired) electrons. The van der Waals surface area contributed by atoms with E-state index in [4.69, 9.17) is 5.26 Å². The molecule has 2 aromatic rings. The van der Waals surface area contributed by atoms with E-state index in [0.29, 0.717) is 13.0 Å². The number of nitriles is 1. The standard InChI is InChI=1S/C18H18IN3O/c1-14(21-16-8-5-7-15(19)13-16)18(23)22(12-6-11-20)17-9-3-2-4-10-17/h2-5,7-10,13-14,21H,6,12H2,1H3. The summed E-state index contributed by atoms with van der Waals surface area (Å²) >= 11 is 2.24. The van der Waals surface area contributed by atoms with Crippen LogP contribution in [0.5, 0.6) is 0 Å². The molecule has 1 unspecified atom stereocenters. The fourth-order valence-electron chi connectivity index (χ4n) is 2.26. The van der Waals surface area contributed by atoms with Crippen molar-refractivity contribution in [1.82, 2.24) is 0 Å². The molecule has 0 aliphatic carbocycles. The Labute approximate surface area is 150 Å². The van der Waals surface area contributed by atoms with E-state index >= 15 is 0 Å². The molecule has 2 rings (SSSR count). The monoisotopic (exact) mass is 419 g/mol. The van der Waals surface area contributed by atoms with Crippen molar-refractivity contribution in [2.75, 3.05) is 16.8 Å². The van der Waals surface area contributed by atoms with Crippen molar-refractivity contribution in [3.63, 3.8) is 0 Å². The van der Waals surface area contributed by atoms with Gasteiger partial charge in [-0.3, -0.25) is 4.79 Å². The average molecular weight is 419 g/mol. The molecule has 2 aromatic carbocycles. The summed E-state index contributed by atoms with van der Waals surface area (Å²) in [5.41, 5.74) is 1.72. The first kappa shape index (κ1) is 17.3. The minimum absolute atomic E-state index is 0.0506. The zero-order valence-electron chi connectivity index (χ0n) is 12.9. The quantitative estimate of drug-likeness (QED) is 0.720. The van der Waals surface area contributed by atoms with E-state index in [9.17, 15) is 4.79 Å². The van der Waals surface area contributed by atoms with Crippen LogP contribution in [-0.4, -0.2) is 18.5 Å². The lowest BCUT2D eigenvalue weighted by molar-refractivity contribution is -0.119. The molecule has 0 aliphatic rings. The summed E-state index contributed by atoms with van der Waals surface area (Å²) in [7, 11) is 0. The van der Waals surface area contributed by atoms with E-state index in [1.165, 1.54) is 0 Å². The fourth-order valence-corrected chi connectivity index (χ4v) is 2.80. The molecule has 118 valence electrons. The summed E-state index contributed by atoms with van der Waals surface area (Å²) in [6, 6.07) is 19.1.